The van der Waals surface area contributed by atoms with Crippen LogP contribution in [0.5, 0.6) is 0 Å². The van der Waals surface area contributed by atoms with Crippen LogP contribution in [-0.2, 0) is 11.2 Å². The minimum atomic E-state index is -0.389. The molecule has 1 aromatic carbocycles. The maximum absolute atomic E-state index is 11.2. The number of carbonyl (C=O) groups excluding carboxylic acids is 1. The molecule has 4 aliphatic carbocycles. The van der Waals surface area contributed by atoms with E-state index in [1.54, 1.807) is 50.7 Å². The zero-order valence-electron chi connectivity index (χ0n) is 18.8. The van der Waals surface area contributed by atoms with Gasteiger partial charge in [0.15, 0.2) is 0 Å². The Balaban J connectivity index is 0.000000170. The minimum Gasteiger partial charge on any atom is -0.465 e. The van der Waals surface area contributed by atoms with Crippen molar-refractivity contribution in [2.45, 2.75) is 71.8 Å². The highest BCUT2D eigenvalue weighted by molar-refractivity contribution is 6.33. The molecule has 0 unspecified atom stereocenters. The van der Waals surface area contributed by atoms with Crippen LogP contribution in [0.2, 0.25) is 5.02 Å². The summed E-state index contributed by atoms with van der Waals surface area (Å²) in [6, 6.07) is 6.09. The van der Waals surface area contributed by atoms with Crippen LogP contribution < -0.4 is 0 Å². The first kappa shape index (κ1) is 22.6. The molecule has 4 bridgehead atoms. The van der Waals surface area contributed by atoms with Gasteiger partial charge in [-0.25, -0.2) is 4.79 Å². The molecule has 0 spiro atoms. The molecule has 0 N–H and O–H groups in total. The van der Waals surface area contributed by atoms with Crippen LogP contribution >= 0.6 is 11.6 Å². The zero-order chi connectivity index (χ0) is 21.2. The maximum atomic E-state index is 11.2. The van der Waals surface area contributed by atoms with Gasteiger partial charge in [0, 0.05) is 12.6 Å². The number of rotatable bonds is 5. The third-order valence-corrected chi connectivity index (χ3v) is 7.81. The van der Waals surface area contributed by atoms with Gasteiger partial charge in [-0.3, -0.25) is 0 Å². The Hall–Kier alpha value is -1.06. The number of nitrogens with zero attached hydrogens (tertiary/aromatic N) is 1. The van der Waals surface area contributed by atoms with E-state index in [4.69, 9.17) is 11.6 Å². The second-order valence-electron chi connectivity index (χ2n) is 10.1. The van der Waals surface area contributed by atoms with Gasteiger partial charge in [-0.1, -0.05) is 24.6 Å². The van der Waals surface area contributed by atoms with E-state index >= 15 is 0 Å². The Morgan fingerprint density at radius 1 is 1.17 bits per heavy atom. The lowest BCUT2D eigenvalue weighted by molar-refractivity contribution is -0.0692. The van der Waals surface area contributed by atoms with Crippen LogP contribution in [-0.4, -0.2) is 37.6 Å². The fourth-order valence-electron chi connectivity index (χ4n) is 6.25. The van der Waals surface area contributed by atoms with E-state index in [1.807, 2.05) is 13.0 Å². The first-order valence-corrected chi connectivity index (χ1v) is 11.7. The van der Waals surface area contributed by atoms with Crippen LogP contribution in [0.4, 0.5) is 0 Å². The molecule has 0 radical (unpaired) electrons. The molecule has 4 heteroatoms. The lowest BCUT2D eigenvalue weighted by atomic mass is 9.49. The number of hydrogen-bond acceptors (Lipinski definition) is 3. The van der Waals surface area contributed by atoms with Crippen molar-refractivity contribution in [2.24, 2.45) is 23.2 Å². The summed E-state index contributed by atoms with van der Waals surface area (Å²) in [6.45, 7) is 8.06. The van der Waals surface area contributed by atoms with Crippen LogP contribution in [0.15, 0.2) is 18.2 Å². The average molecular weight is 420 g/mol. The highest BCUT2D eigenvalue weighted by Crippen LogP contribution is 2.60. The Kier molecular flexibility index (Phi) is 7.32. The van der Waals surface area contributed by atoms with Crippen molar-refractivity contribution in [2.75, 3.05) is 20.7 Å². The van der Waals surface area contributed by atoms with Crippen LogP contribution in [0.25, 0.3) is 0 Å². The number of carbonyl (C=O) groups is 1. The van der Waals surface area contributed by atoms with Gasteiger partial charge in [-0.05, 0) is 107 Å². The van der Waals surface area contributed by atoms with Gasteiger partial charge in [-0.2, -0.15) is 0 Å². The molecule has 4 saturated carbocycles. The van der Waals surface area contributed by atoms with E-state index in [9.17, 15) is 4.79 Å². The van der Waals surface area contributed by atoms with Crippen molar-refractivity contribution in [3.05, 3.63) is 34.3 Å². The van der Waals surface area contributed by atoms with Crippen LogP contribution in [0, 0.1) is 23.2 Å². The minimum absolute atomic E-state index is 0.389. The van der Waals surface area contributed by atoms with Gasteiger partial charge < -0.3 is 9.64 Å². The molecule has 0 amide bonds. The first-order chi connectivity index (χ1) is 13.7. The van der Waals surface area contributed by atoms with E-state index in [1.165, 1.54) is 13.7 Å². The predicted octanol–water partition coefficient (Wildman–Crippen LogP) is 6.23. The lowest BCUT2D eigenvalue weighted by Gasteiger charge is -2.58. The summed E-state index contributed by atoms with van der Waals surface area (Å²) in [6.07, 6.45) is 10.3. The van der Waals surface area contributed by atoms with E-state index in [0.29, 0.717) is 16.6 Å². The predicted molar refractivity (Wildman–Crippen MR) is 121 cm³/mol. The molecule has 5 rings (SSSR count). The smallest absolute Gasteiger partial charge is 0.339 e. The van der Waals surface area contributed by atoms with Gasteiger partial charge in [-0.15, -0.1) is 0 Å². The normalized spacial score (nSPS) is 29.7. The third kappa shape index (κ3) is 5.35. The molecular weight excluding hydrogens is 382 g/mol. The van der Waals surface area contributed by atoms with Gasteiger partial charge in [0.25, 0.3) is 0 Å². The molecule has 162 valence electrons. The summed E-state index contributed by atoms with van der Waals surface area (Å²) in [5.41, 5.74) is 2.24. The molecule has 1 aromatic rings. The van der Waals surface area contributed by atoms with Crippen LogP contribution in [0.1, 0.15) is 75.2 Å². The zero-order valence-corrected chi connectivity index (χ0v) is 19.6. The van der Waals surface area contributed by atoms with Gasteiger partial charge in [0.1, 0.15) is 0 Å². The fourth-order valence-corrected chi connectivity index (χ4v) is 6.45. The number of halogens is 1. The van der Waals surface area contributed by atoms with E-state index < -0.39 is 0 Å². The summed E-state index contributed by atoms with van der Waals surface area (Å²) in [4.78, 5) is 13.8. The molecule has 0 atom stereocenters. The second kappa shape index (κ2) is 9.39. The molecule has 3 nitrogen and oxygen atoms in total. The van der Waals surface area contributed by atoms with Crippen molar-refractivity contribution >= 4 is 17.6 Å². The molecule has 4 fully saturated rings. The van der Waals surface area contributed by atoms with Gasteiger partial charge in [0.05, 0.1) is 17.7 Å². The molecular formula is C25H38ClNO2. The third-order valence-electron chi connectivity index (χ3n) is 7.48. The molecule has 0 aromatic heterocycles. The Morgan fingerprint density at radius 3 is 2.17 bits per heavy atom. The van der Waals surface area contributed by atoms with Gasteiger partial charge in [0.2, 0.25) is 0 Å². The number of benzene rings is 1. The largest absolute Gasteiger partial charge is 0.465 e. The van der Waals surface area contributed by atoms with E-state index in [0.717, 1.165) is 35.2 Å². The SMILES string of the molecule is CC(C)N(C)CC12CC3CC(CC(C3)C1)C2.CCc1ccc(Cl)c(C(=O)OC)c1. The number of methoxy groups -OCH3 is 1. The molecule has 4 aliphatic rings. The molecule has 0 heterocycles. The second-order valence-corrected chi connectivity index (χ2v) is 10.5. The van der Waals surface area contributed by atoms with Crippen molar-refractivity contribution in [3.63, 3.8) is 0 Å². The molecule has 0 saturated heterocycles. The van der Waals surface area contributed by atoms with Crippen LogP contribution in [0.3, 0.4) is 0 Å². The number of esters is 1. The summed E-state index contributed by atoms with van der Waals surface area (Å²) in [5.74, 6) is 2.92. The number of aryl methyl sites for hydroxylation is 1. The maximum Gasteiger partial charge on any atom is 0.339 e. The topological polar surface area (TPSA) is 29.5 Å². The summed E-state index contributed by atoms with van der Waals surface area (Å²) >= 11 is 5.83. The van der Waals surface area contributed by atoms with Crippen molar-refractivity contribution in [1.29, 1.82) is 0 Å². The monoisotopic (exact) mass is 419 g/mol. The van der Waals surface area contributed by atoms with Crippen molar-refractivity contribution in [3.8, 4) is 0 Å². The highest BCUT2D eigenvalue weighted by Gasteiger charge is 2.51. The molecule has 29 heavy (non-hydrogen) atoms. The van der Waals surface area contributed by atoms with Gasteiger partial charge >= 0.3 is 5.97 Å². The fraction of sp³-hybridized carbons (Fsp3) is 0.720. The quantitative estimate of drug-likeness (QED) is 0.529. The standard InChI is InChI=1S/C15H27N.C10H11ClO2/c1-11(2)16(3)10-15-7-12-4-13(8-15)6-14(5-12)9-15;1-3-7-4-5-9(11)8(6-7)10(12)13-2/h11-14H,4-10H2,1-3H3;4-6H,3H2,1-2H3. The Labute approximate surface area is 182 Å². The van der Waals surface area contributed by atoms with Crippen molar-refractivity contribution < 1.29 is 9.53 Å². The van der Waals surface area contributed by atoms with E-state index in [-0.39, 0.29) is 5.97 Å². The van der Waals surface area contributed by atoms with E-state index in [2.05, 4.69) is 30.5 Å². The Bertz CT molecular complexity index is 679. The summed E-state index contributed by atoms with van der Waals surface area (Å²) in [7, 11) is 3.67. The summed E-state index contributed by atoms with van der Waals surface area (Å²) < 4.78 is 4.59. The first-order valence-electron chi connectivity index (χ1n) is 11.3. The Morgan fingerprint density at radius 2 is 1.72 bits per heavy atom. The van der Waals surface area contributed by atoms with Crippen molar-refractivity contribution in [1.82, 2.24) is 4.90 Å². The average Bonchev–Trinajstić information content (AvgIpc) is 2.66. The highest BCUT2D eigenvalue weighted by atomic mass is 35.5. The lowest BCUT2D eigenvalue weighted by Crippen LogP contribution is -2.51. The number of ether oxygens (including phenoxy) is 1. The molecule has 0 aliphatic heterocycles. The summed E-state index contributed by atoms with van der Waals surface area (Å²) in [5, 5.41) is 0.434. The number of hydrogen-bond donors (Lipinski definition) is 0.